The van der Waals surface area contributed by atoms with Gasteiger partial charge >= 0.3 is 5.97 Å². The molecule has 6 heteroatoms. The molecule has 1 aromatic carbocycles. The Morgan fingerprint density at radius 2 is 2.11 bits per heavy atom. The zero-order valence-corrected chi connectivity index (χ0v) is 9.85. The van der Waals surface area contributed by atoms with Gasteiger partial charge in [-0.1, -0.05) is 18.2 Å². The van der Waals surface area contributed by atoms with E-state index in [-0.39, 0.29) is 13.2 Å². The summed E-state index contributed by atoms with van der Waals surface area (Å²) >= 11 is 0. The largest absolute Gasteiger partial charge is 0.479 e. The lowest BCUT2D eigenvalue weighted by Gasteiger charge is -2.09. The number of nitrogens with one attached hydrogen (secondary N) is 1. The highest BCUT2D eigenvalue weighted by molar-refractivity contribution is 5.78. The maximum Gasteiger partial charge on any atom is 0.332 e. The summed E-state index contributed by atoms with van der Waals surface area (Å²) < 4.78 is 18.0. The summed E-state index contributed by atoms with van der Waals surface area (Å²) in [7, 11) is 0. The van der Waals surface area contributed by atoms with E-state index in [4.69, 9.17) is 9.84 Å². The average Bonchev–Trinajstić information content (AvgIpc) is 2.34. The number of aliphatic carboxylic acids is 1. The second-order valence-electron chi connectivity index (χ2n) is 3.66. The van der Waals surface area contributed by atoms with Gasteiger partial charge in [-0.3, -0.25) is 4.79 Å². The van der Waals surface area contributed by atoms with Gasteiger partial charge in [0.15, 0.2) is 6.10 Å². The van der Waals surface area contributed by atoms with E-state index in [0.717, 1.165) is 0 Å². The van der Waals surface area contributed by atoms with Crippen molar-refractivity contribution in [3.63, 3.8) is 0 Å². The van der Waals surface area contributed by atoms with Crippen molar-refractivity contribution in [1.29, 1.82) is 0 Å². The highest BCUT2D eigenvalue weighted by Crippen LogP contribution is 2.05. The lowest BCUT2D eigenvalue weighted by molar-refractivity contribution is -0.150. The molecule has 0 radical (unpaired) electrons. The van der Waals surface area contributed by atoms with Gasteiger partial charge in [0.2, 0.25) is 5.91 Å². The van der Waals surface area contributed by atoms with Gasteiger partial charge in [-0.2, -0.15) is 0 Å². The molecule has 1 atom stereocenters. The Morgan fingerprint density at radius 3 is 2.72 bits per heavy atom. The van der Waals surface area contributed by atoms with Crippen LogP contribution in [0.2, 0.25) is 0 Å². The Labute approximate surface area is 104 Å². The summed E-state index contributed by atoms with van der Waals surface area (Å²) in [5.41, 5.74) is 0.358. The van der Waals surface area contributed by atoms with Gasteiger partial charge in [0.05, 0.1) is 0 Å². The van der Waals surface area contributed by atoms with Crippen LogP contribution in [0.4, 0.5) is 4.39 Å². The van der Waals surface area contributed by atoms with Crippen molar-refractivity contribution in [2.75, 3.05) is 6.61 Å². The van der Waals surface area contributed by atoms with E-state index in [1.165, 1.54) is 13.0 Å². The quantitative estimate of drug-likeness (QED) is 0.793. The van der Waals surface area contributed by atoms with Crippen molar-refractivity contribution >= 4 is 11.9 Å². The van der Waals surface area contributed by atoms with Gasteiger partial charge in [-0.25, -0.2) is 9.18 Å². The van der Waals surface area contributed by atoms with Gasteiger partial charge in [-0.05, 0) is 13.0 Å². The van der Waals surface area contributed by atoms with E-state index in [2.05, 4.69) is 5.32 Å². The highest BCUT2D eigenvalue weighted by atomic mass is 19.1. The van der Waals surface area contributed by atoms with E-state index in [1.54, 1.807) is 18.2 Å². The number of ether oxygens (including phenoxy) is 1. The number of carboxylic acid groups (broad SMARTS) is 1. The van der Waals surface area contributed by atoms with Crippen LogP contribution in [-0.2, 0) is 20.9 Å². The molecule has 0 aliphatic rings. The molecule has 0 saturated carbocycles. The minimum absolute atomic E-state index is 0.0380. The first kappa shape index (κ1) is 14.1. The number of halogens is 1. The van der Waals surface area contributed by atoms with Gasteiger partial charge in [0.1, 0.15) is 12.4 Å². The third kappa shape index (κ3) is 4.50. The number of benzene rings is 1. The first-order valence-corrected chi connectivity index (χ1v) is 5.35. The highest BCUT2D eigenvalue weighted by Gasteiger charge is 2.13. The molecule has 18 heavy (non-hydrogen) atoms. The number of hydrogen-bond acceptors (Lipinski definition) is 3. The molecular weight excluding hydrogens is 241 g/mol. The molecule has 0 aliphatic carbocycles. The summed E-state index contributed by atoms with van der Waals surface area (Å²) in [6.07, 6.45) is -1.05. The molecule has 0 unspecified atom stereocenters. The summed E-state index contributed by atoms with van der Waals surface area (Å²) in [6, 6.07) is 6.06. The van der Waals surface area contributed by atoms with Crippen molar-refractivity contribution in [2.24, 2.45) is 0 Å². The van der Waals surface area contributed by atoms with Crippen LogP contribution in [0.25, 0.3) is 0 Å². The maximum absolute atomic E-state index is 13.2. The lowest BCUT2D eigenvalue weighted by Crippen LogP contribution is -2.31. The molecule has 98 valence electrons. The molecular formula is C12H14FNO4. The van der Waals surface area contributed by atoms with E-state index < -0.39 is 23.8 Å². The van der Waals surface area contributed by atoms with Crippen molar-refractivity contribution in [1.82, 2.24) is 5.32 Å². The van der Waals surface area contributed by atoms with Crippen LogP contribution in [-0.4, -0.2) is 29.7 Å². The van der Waals surface area contributed by atoms with E-state index >= 15 is 0 Å². The lowest BCUT2D eigenvalue weighted by atomic mass is 10.2. The zero-order chi connectivity index (χ0) is 13.5. The summed E-state index contributed by atoms with van der Waals surface area (Å²) in [6.45, 7) is 0.991. The molecule has 1 amide bonds. The Morgan fingerprint density at radius 1 is 1.44 bits per heavy atom. The normalized spacial score (nSPS) is 11.9. The third-order valence-corrected chi connectivity index (χ3v) is 2.25. The SMILES string of the molecule is C[C@@H](OCC(=O)NCc1ccccc1F)C(=O)O. The topological polar surface area (TPSA) is 75.6 Å². The Balaban J connectivity index is 2.34. The standard InChI is InChI=1S/C12H14FNO4/c1-8(12(16)17)18-7-11(15)14-6-9-4-2-3-5-10(9)13/h2-5,8H,6-7H2,1H3,(H,14,15)(H,16,17)/t8-/m1/s1. The van der Waals surface area contributed by atoms with Crippen LogP contribution >= 0.6 is 0 Å². The first-order valence-electron chi connectivity index (χ1n) is 5.35. The predicted molar refractivity (Wildman–Crippen MR) is 61.3 cm³/mol. The first-order chi connectivity index (χ1) is 8.50. The maximum atomic E-state index is 13.2. The number of carbonyl (C=O) groups is 2. The Bertz CT molecular complexity index is 436. The third-order valence-electron chi connectivity index (χ3n) is 2.25. The number of amides is 1. The number of carbonyl (C=O) groups excluding carboxylic acids is 1. The van der Waals surface area contributed by atoms with E-state index in [0.29, 0.717) is 5.56 Å². The van der Waals surface area contributed by atoms with Crippen molar-refractivity contribution < 1.29 is 23.8 Å². The molecule has 0 aromatic heterocycles. The Kier molecular flexibility index (Phi) is 5.26. The molecule has 1 rings (SSSR count). The monoisotopic (exact) mass is 255 g/mol. The molecule has 5 nitrogen and oxygen atoms in total. The molecule has 0 saturated heterocycles. The molecule has 0 aliphatic heterocycles. The smallest absolute Gasteiger partial charge is 0.332 e. The van der Waals surface area contributed by atoms with Crippen LogP contribution in [0, 0.1) is 5.82 Å². The van der Waals surface area contributed by atoms with Crippen LogP contribution in [0.3, 0.4) is 0 Å². The molecule has 0 spiro atoms. The second kappa shape index (κ2) is 6.70. The van der Waals surface area contributed by atoms with Crippen LogP contribution < -0.4 is 5.32 Å². The zero-order valence-electron chi connectivity index (χ0n) is 9.85. The van der Waals surface area contributed by atoms with Crippen LogP contribution in [0.5, 0.6) is 0 Å². The van der Waals surface area contributed by atoms with Crippen LogP contribution in [0.15, 0.2) is 24.3 Å². The minimum atomic E-state index is -1.14. The number of hydrogen-bond donors (Lipinski definition) is 2. The van der Waals surface area contributed by atoms with Crippen molar-refractivity contribution in [3.05, 3.63) is 35.6 Å². The molecule has 0 bridgehead atoms. The second-order valence-corrected chi connectivity index (χ2v) is 3.66. The Hall–Kier alpha value is -1.95. The van der Waals surface area contributed by atoms with Gasteiger partial charge in [-0.15, -0.1) is 0 Å². The minimum Gasteiger partial charge on any atom is -0.479 e. The summed E-state index contributed by atoms with van der Waals surface area (Å²) in [4.78, 5) is 21.7. The molecule has 0 fully saturated rings. The van der Waals surface area contributed by atoms with Gasteiger partial charge in [0.25, 0.3) is 0 Å². The molecule has 1 aromatic rings. The van der Waals surface area contributed by atoms with E-state index in [9.17, 15) is 14.0 Å². The van der Waals surface area contributed by atoms with Crippen molar-refractivity contribution in [2.45, 2.75) is 19.6 Å². The fourth-order valence-electron chi connectivity index (χ4n) is 1.16. The average molecular weight is 255 g/mol. The van der Waals surface area contributed by atoms with Crippen molar-refractivity contribution in [3.8, 4) is 0 Å². The van der Waals surface area contributed by atoms with Gasteiger partial charge < -0.3 is 15.2 Å². The van der Waals surface area contributed by atoms with Crippen LogP contribution in [0.1, 0.15) is 12.5 Å². The summed E-state index contributed by atoms with van der Waals surface area (Å²) in [5, 5.41) is 11.0. The molecule has 2 N–H and O–H groups in total. The number of rotatable bonds is 6. The summed E-state index contributed by atoms with van der Waals surface area (Å²) in [5.74, 6) is -2.04. The number of carboxylic acids is 1. The van der Waals surface area contributed by atoms with Gasteiger partial charge in [0, 0.05) is 12.1 Å². The fraction of sp³-hybridized carbons (Fsp3) is 0.333. The van der Waals surface area contributed by atoms with E-state index in [1.807, 2.05) is 0 Å². The fourth-order valence-corrected chi connectivity index (χ4v) is 1.16. The predicted octanol–water partition coefficient (Wildman–Crippen LogP) is 0.932. The molecule has 0 heterocycles.